The number of rotatable bonds is 4. The lowest BCUT2D eigenvalue weighted by Gasteiger charge is -2.21. The van der Waals surface area contributed by atoms with Crippen LogP contribution in [0.15, 0.2) is 41.3 Å². The molecule has 0 saturated carbocycles. The van der Waals surface area contributed by atoms with E-state index >= 15 is 0 Å². The Balaban J connectivity index is 2.54. The van der Waals surface area contributed by atoms with Crippen molar-refractivity contribution in [3.05, 3.63) is 52.5 Å². The molecule has 6 heteroatoms. The molecule has 0 heterocycles. The van der Waals surface area contributed by atoms with E-state index in [4.69, 9.17) is 16.3 Å². The van der Waals surface area contributed by atoms with Crippen LogP contribution < -0.4 is 9.04 Å². The molecule has 22 heavy (non-hydrogen) atoms. The number of anilines is 1. The van der Waals surface area contributed by atoms with Crippen molar-refractivity contribution >= 4 is 27.3 Å². The molecule has 118 valence electrons. The van der Waals surface area contributed by atoms with E-state index in [0.29, 0.717) is 10.7 Å². The van der Waals surface area contributed by atoms with Crippen molar-refractivity contribution in [3.63, 3.8) is 0 Å². The predicted octanol–water partition coefficient (Wildman–Crippen LogP) is 3.79. The Hall–Kier alpha value is -1.72. The van der Waals surface area contributed by atoms with E-state index in [1.165, 1.54) is 24.5 Å². The fourth-order valence-electron chi connectivity index (χ4n) is 2.06. The van der Waals surface area contributed by atoms with Crippen LogP contribution in [0.3, 0.4) is 0 Å². The van der Waals surface area contributed by atoms with Crippen LogP contribution in [0.2, 0.25) is 5.02 Å². The number of nitrogens with zero attached hydrogens (tertiary/aromatic N) is 1. The van der Waals surface area contributed by atoms with E-state index in [1.54, 1.807) is 18.2 Å². The summed E-state index contributed by atoms with van der Waals surface area (Å²) in [7, 11) is -0.820. The molecule has 0 N–H and O–H groups in total. The molecule has 0 fully saturated rings. The second-order valence-electron chi connectivity index (χ2n) is 5.04. The Labute approximate surface area is 136 Å². The molecule has 0 radical (unpaired) electrons. The van der Waals surface area contributed by atoms with E-state index in [9.17, 15) is 8.42 Å². The average Bonchev–Trinajstić information content (AvgIpc) is 2.49. The lowest BCUT2D eigenvalue weighted by molar-refractivity contribution is 0.402. The summed E-state index contributed by atoms with van der Waals surface area (Å²) in [5.74, 6) is 0.264. The minimum Gasteiger partial charge on any atom is -0.495 e. The van der Waals surface area contributed by atoms with Gasteiger partial charge >= 0.3 is 0 Å². The van der Waals surface area contributed by atoms with Crippen molar-refractivity contribution in [2.45, 2.75) is 18.7 Å². The summed E-state index contributed by atoms with van der Waals surface area (Å²) in [6, 6.07) is 10.0. The molecule has 2 rings (SSSR count). The van der Waals surface area contributed by atoms with Crippen molar-refractivity contribution in [3.8, 4) is 5.75 Å². The third-order valence-corrected chi connectivity index (χ3v) is 5.66. The van der Waals surface area contributed by atoms with Gasteiger partial charge in [0, 0.05) is 12.1 Å². The zero-order valence-corrected chi connectivity index (χ0v) is 14.5. The van der Waals surface area contributed by atoms with E-state index in [1.807, 2.05) is 26.0 Å². The van der Waals surface area contributed by atoms with Gasteiger partial charge < -0.3 is 4.74 Å². The average molecular weight is 340 g/mol. The summed E-state index contributed by atoms with van der Waals surface area (Å²) < 4.78 is 32.1. The third kappa shape index (κ3) is 3.05. The second kappa shape index (κ2) is 6.18. The molecule has 0 amide bonds. The zero-order valence-electron chi connectivity index (χ0n) is 12.9. The van der Waals surface area contributed by atoms with Gasteiger partial charge in [-0.05, 0) is 55.3 Å². The normalized spacial score (nSPS) is 11.3. The molecule has 0 aliphatic heterocycles. The number of benzene rings is 2. The van der Waals surface area contributed by atoms with Crippen molar-refractivity contribution in [2.24, 2.45) is 0 Å². The minimum atomic E-state index is -3.76. The number of hydrogen-bond donors (Lipinski definition) is 0. The number of sulfonamides is 1. The SMILES string of the molecule is COc1ccc(Cl)cc1S(=O)(=O)N(C)c1ccc(C)c(C)c1. The van der Waals surface area contributed by atoms with E-state index in [2.05, 4.69) is 0 Å². The molecular formula is C16H18ClNO3S. The Morgan fingerprint density at radius 3 is 2.32 bits per heavy atom. The highest BCUT2D eigenvalue weighted by Crippen LogP contribution is 2.31. The highest BCUT2D eigenvalue weighted by atomic mass is 35.5. The molecule has 0 bridgehead atoms. The summed E-state index contributed by atoms with van der Waals surface area (Å²) in [5, 5.41) is 0.341. The van der Waals surface area contributed by atoms with Crippen LogP contribution in [0.25, 0.3) is 0 Å². The van der Waals surface area contributed by atoms with Crippen LogP contribution in [-0.4, -0.2) is 22.6 Å². The molecule has 0 spiro atoms. The first-order valence-corrected chi connectivity index (χ1v) is 8.49. The highest BCUT2D eigenvalue weighted by molar-refractivity contribution is 7.93. The van der Waals surface area contributed by atoms with Crippen LogP contribution in [0.5, 0.6) is 5.75 Å². The molecule has 0 atom stereocenters. The monoisotopic (exact) mass is 339 g/mol. The van der Waals surface area contributed by atoms with Gasteiger partial charge in [0.05, 0.1) is 12.8 Å². The van der Waals surface area contributed by atoms with Gasteiger partial charge in [0.15, 0.2) is 0 Å². The van der Waals surface area contributed by atoms with Crippen molar-refractivity contribution < 1.29 is 13.2 Å². The van der Waals surface area contributed by atoms with Crippen molar-refractivity contribution in [1.82, 2.24) is 0 Å². The Morgan fingerprint density at radius 2 is 1.73 bits per heavy atom. The van der Waals surface area contributed by atoms with Crippen LogP contribution in [0.1, 0.15) is 11.1 Å². The van der Waals surface area contributed by atoms with Crippen molar-refractivity contribution in [1.29, 1.82) is 0 Å². The third-order valence-electron chi connectivity index (χ3n) is 3.62. The quantitative estimate of drug-likeness (QED) is 0.851. The zero-order chi connectivity index (χ0) is 16.5. The molecule has 4 nitrogen and oxygen atoms in total. The molecule has 0 aliphatic carbocycles. The summed E-state index contributed by atoms with van der Waals surface area (Å²) in [6.45, 7) is 3.92. The number of methoxy groups -OCH3 is 1. The molecule has 0 saturated heterocycles. The Kier molecular flexibility index (Phi) is 4.68. The number of ether oxygens (including phenoxy) is 1. The van der Waals surface area contributed by atoms with Crippen LogP contribution >= 0.6 is 11.6 Å². The first-order chi connectivity index (χ1) is 10.3. The van der Waals surface area contributed by atoms with Gasteiger partial charge in [0.2, 0.25) is 0 Å². The van der Waals surface area contributed by atoms with Crippen molar-refractivity contribution in [2.75, 3.05) is 18.5 Å². The predicted molar refractivity (Wildman–Crippen MR) is 89.5 cm³/mol. The summed E-state index contributed by atoms with van der Waals surface area (Å²) in [6.07, 6.45) is 0. The maximum Gasteiger partial charge on any atom is 0.267 e. The lowest BCUT2D eigenvalue weighted by atomic mass is 10.1. The smallest absolute Gasteiger partial charge is 0.267 e. The summed E-state index contributed by atoms with van der Waals surface area (Å²) in [4.78, 5) is 0.0447. The highest BCUT2D eigenvalue weighted by Gasteiger charge is 2.25. The van der Waals surface area contributed by atoms with Gasteiger partial charge in [-0.1, -0.05) is 17.7 Å². The number of aryl methyl sites for hydroxylation is 2. The fraction of sp³-hybridized carbons (Fsp3) is 0.250. The summed E-state index contributed by atoms with van der Waals surface area (Å²) >= 11 is 5.94. The van der Waals surface area contributed by atoms with E-state index in [0.717, 1.165) is 11.1 Å². The molecule has 2 aromatic rings. The fourth-order valence-corrected chi connectivity index (χ4v) is 3.66. The lowest BCUT2D eigenvalue weighted by Crippen LogP contribution is -2.27. The Bertz CT molecular complexity index is 803. The minimum absolute atomic E-state index is 0.0447. The largest absolute Gasteiger partial charge is 0.495 e. The van der Waals surface area contributed by atoms with Gasteiger partial charge in [-0.3, -0.25) is 4.31 Å². The maximum atomic E-state index is 12.8. The van der Waals surface area contributed by atoms with Gasteiger partial charge in [-0.2, -0.15) is 0 Å². The van der Waals surface area contributed by atoms with E-state index < -0.39 is 10.0 Å². The first-order valence-electron chi connectivity index (χ1n) is 6.67. The maximum absolute atomic E-state index is 12.8. The van der Waals surface area contributed by atoms with Gasteiger partial charge in [0.1, 0.15) is 10.6 Å². The van der Waals surface area contributed by atoms with Crippen LogP contribution in [0, 0.1) is 13.8 Å². The van der Waals surface area contributed by atoms with Gasteiger partial charge in [-0.15, -0.1) is 0 Å². The number of hydrogen-bond acceptors (Lipinski definition) is 3. The van der Waals surface area contributed by atoms with E-state index in [-0.39, 0.29) is 10.6 Å². The molecule has 2 aromatic carbocycles. The number of halogens is 1. The molecule has 0 aromatic heterocycles. The topological polar surface area (TPSA) is 46.6 Å². The second-order valence-corrected chi connectivity index (χ2v) is 7.41. The molecular weight excluding hydrogens is 322 g/mol. The molecule has 0 aliphatic rings. The Morgan fingerprint density at radius 1 is 1.05 bits per heavy atom. The van der Waals surface area contributed by atoms with Crippen LogP contribution in [-0.2, 0) is 10.0 Å². The first kappa shape index (κ1) is 16.6. The summed E-state index contributed by atoms with van der Waals surface area (Å²) in [5.41, 5.74) is 2.72. The van der Waals surface area contributed by atoms with Gasteiger partial charge in [-0.25, -0.2) is 8.42 Å². The van der Waals surface area contributed by atoms with Gasteiger partial charge in [0.25, 0.3) is 10.0 Å². The standard InChI is InChI=1S/C16H18ClNO3S/c1-11-5-7-14(9-12(11)2)18(3)22(19,20)16-10-13(17)6-8-15(16)21-4/h5-10H,1-4H3. The molecule has 0 unspecified atom stereocenters. The van der Waals surface area contributed by atoms with Crippen LogP contribution in [0.4, 0.5) is 5.69 Å².